The normalized spacial score (nSPS) is 16.5. The lowest BCUT2D eigenvalue weighted by Gasteiger charge is -2.28. The fourth-order valence-corrected chi connectivity index (χ4v) is 1.73. The van der Waals surface area contributed by atoms with Gasteiger partial charge in [0.2, 0.25) is 0 Å². The number of hydrogen-bond donors (Lipinski definition) is 0. The fraction of sp³-hybridized carbons (Fsp3) is 0.500. The third-order valence-electron chi connectivity index (χ3n) is 2.32. The van der Waals surface area contributed by atoms with Crippen LogP contribution in [0.4, 0.5) is 5.82 Å². The summed E-state index contributed by atoms with van der Waals surface area (Å²) in [5.74, 6) is 1.58. The minimum Gasteiger partial charge on any atom is -0.497 e. The summed E-state index contributed by atoms with van der Waals surface area (Å²) in [6.45, 7) is 3.15. The van der Waals surface area contributed by atoms with Gasteiger partial charge in [0, 0.05) is 25.2 Å². The highest BCUT2D eigenvalue weighted by Gasteiger charge is 2.13. The summed E-state index contributed by atoms with van der Waals surface area (Å²) in [7, 11) is 1.62. The topological polar surface area (TPSA) is 34.6 Å². The van der Waals surface area contributed by atoms with Crippen LogP contribution >= 0.6 is 11.6 Å². The van der Waals surface area contributed by atoms with E-state index in [9.17, 15) is 0 Å². The smallest absolute Gasteiger partial charge is 0.135 e. The highest BCUT2D eigenvalue weighted by atomic mass is 35.5. The molecule has 5 heteroatoms. The van der Waals surface area contributed by atoms with Gasteiger partial charge in [-0.1, -0.05) is 11.6 Å². The van der Waals surface area contributed by atoms with E-state index in [-0.39, 0.29) is 0 Å². The van der Waals surface area contributed by atoms with E-state index in [2.05, 4.69) is 9.88 Å². The molecule has 0 unspecified atom stereocenters. The highest BCUT2D eigenvalue weighted by Crippen LogP contribution is 2.23. The van der Waals surface area contributed by atoms with Gasteiger partial charge in [-0.25, -0.2) is 4.98 Å². The van der Waals surface area contributed by atoms with Crippen molar-refractivity contribution in [1.82, 2.24) is 4.98 Å². The Labute approximate surface area is 93.8 Å². The number of pyridine rings is 1. The van der Waals surface area contributed by atoms with Crippen LogP contribution in [0.25, 0.3) is 0 Å². The van der Waals surface area contributed by atoms with Crippen LogP contribution in [0, 0.1) is 0 Å². The standard InChI is InChI=1S/C10H13ClN2O2/c1-14-8-6-9(11)12-10(7-8)13-2-4-15-5-3-13/h6-7H,2-5H2,1H3. The van der Waals surface area contributed by atoms with Crippen molar-refractivity contribution in [1.29, 1.82) is 0 Å². The maximum atomic E-state index is 5.90. The average Bonchev–Trinajstić information content (AvgIpc) is 2.29. The Balaban J connectivity index is 2.22. The minimum absolute atomic E-state index is 0.454. The number of ether oxygens (including phenoxy) is 2. The van der Waals surface area contributed by atoms with Crippen molar-refractivity contribution in [2.75, 3.05) is 38.3 Å². The number of methoxy groups -OCH3 is 1. The van der Waals surface area contributed by atoms with E-state index >= 15 is 0 Å². The number of rotatable bonds is 2. The van der Waals surface area contributed by atoms with E-state index < -0.39 is 0 Å². The molecule has 0 aliphatic carbocycles. The third kappa shape index (κ3) is 2.52. The average molecular weight is 229 g/mol. The number of hydrogen-bond acceptors (Lipinski definition) is 4. The molecule has 0 atom stereocenters. The molecule has 0 spiro atoms. The highest BCUT2D eigenvalue weighted by molar-refractivity contribution is 6.29. The number of aromatic nitrogens is 1. The molecule has 0 amide bonds. The molecular weight excluding hydrogens is 216 g/mol. The Hall–Kier alpha value is -1.00. The van der Waals surface area contributed by atoms with Crippen LogP contribution < -0.4 is 9.64 Å². The van der Waals surface area contributed by atoms with Gasteiger partial charge in [0.15, 0.2) is 0 Å². The molecule has 1 aliphatic rings. The van der Waals surface area contributed by atoms with Crippen molar-refractivity contribution < 1.29 is 9.47 Å². The SMILES string of the molecule is COc1cc(Cl)nc(N2CCOCC2)c1. The quantitative estimate of drug-likeness (QED) is 0.720. The molecule has 0 bridgehead atoms. The van der Waals surface area contributed by atoms with E-state index in [1.165, 1.54) is 0 Å². The van der Waals surface area contributed by atoms with Crippen molar-refractivity contribution in [2.45, 2.75) is 0 Å². The molecule has 1 aliphatic heterocycles. The van der Waals surface area contributed by atoms with Gasteiger partial charge in [-0.15, -0.1) is 0 Å². The molecule has 0 N–H and O–H groups in total. The number of halogens is 1. The van der Waals surface area contributed by atoms with Gasteiger partial charge in [-0.2, -0.15) is 0 Å². The summed E-state index contributed by atoms with van der Waals surface area (Å²) in [6, 6.07) is 3.59. The van der Waals surface area contributed by atoms with E-state index in [1.807, 2.05) is 6.07 Å². The van der Waals surface area contributed by atoms with Crippen LogP contribution in [-0.4, -0.2) is 38.4 Å². The molecule has 2 heterocycles. The van der Waals surface area contributed by atoms with Gasteiger partial charge in [0.05, 0.1) is 20.3 Å². The first-order chi connectivity index (χ1) is 7.29. The maximum Gasteiger partial charge on any atom is 0.135 e. The Bertz CT molecular complexity index is 340. The molecule has 15 heavy (non-hydrogen) atoms. The first-order valence-corrected chi connectivity index (χ1v) is 5.21. The Kier molecular flexibility index (Phi) is 3.28. The Morgan fingerprint density at radius 3 is 2.80 bits per heavy atom. The zero-order valence-corrected chi connectivity index (χ0v) is 9.33. The summed E-state index contributed by atoms with van der Waals surface area (Å²) in [5.41, 5.74) is 0. The molecule has 1 aromatic heterocycles. The fourth-order valence-electron chi connectivity index (χ4n) is 1.53. The summed E-state index contributed by atoms with van der Waals surface area (Å²) in [4.78, 5) is 6.40. The lowest BCUT2D eigenvalue weighted by Crippen LogP contribution is -2.36. The van der Waals surface area contributed by atoms with E-state index in [1.54, 1.807) is 13.2 Å². The Morgan fingerprint density at radius 1 is 1.40 bits per heavy atom. The summed E-state index contributed by atoms with van der Waals surface area (Å²) < 4.78 is 10.4. The first-order valence-electron chi connectivity index (χ1n) is 4.84. The van der Waals surface area contributed by atoms with Gasteiger partial charge in [-0.3, -0.25) is 0 Å². The predicted octanol–water partition coefficient (Wildman–Crippen LogP) is 1.58. The monoisotopic (exact) mass is 228 g/mol. The number of anilines is 1. The van der Waals surface area contributed by atoms with E-state index in [0.29, 0.717) is 5.15 Å². The number of nitrogens with zero attached hydrogens (tertiary/aromatic N) is 2. The molecule has 4 nitrogen and oxygen atoms in total. The van der Waals surface area contributed by atoms with E-state index in [4.69, 9.17) is 21.1 Å². The molecule has 1 aromatic rings. The van der Waals surface area contributed by atoms with Crippen LogP contribution in [0.2, 0.25) is 5.15 Å². The molecule has 2 rings (SSSR count). The summed E-state index contributed by atoms with van der Waals surface area (Å²) >= 11 is 5.90. The third-order valence-corrected chi connectivity index (χ3v) is 2.52. The second-order valence-corrected chi connectivity index (χ2v) is 3.67. The van der Waals surface area contributed by atoms with Gasteiger partial charge in [0.1, 0.15) is 16.7 Å². The van der Waals surface area contributed by atoms with Crippen LogP contribution in [0.15, 0.2) is 12.1 Å². The van der Waals surface area contributed by atoms with Crippen molar-refractivity contribution >= 4 is 17.4 Å². The van der Waals surface area contributed by atoms with Gasteiger partial charge in [0.25, 0.3) is 0 Å². The maximum absolute atomic E-state index is 5.90. The van der Waals surface area contributed by atoms with Crippen molar-refractivity contribution in [3.05, 3.63) is 17.3 Å². The predicted molar refractivity (Wildman–Crippen MR) is 58.8 cm³/mol. The Morgan fingerprint density at radius 2 is 2.13 bits per heavy atom. The second kappa shape index (κ2) is 4.68. The molecule has 0 aromatic carbocycles. The molecular formula is C10H13ClN2O2. The first kappa shape index (κ1) is 10.5. The minimum atomic E-state index is 0.454. The van der Waals surface area contributed by atoms with Crippen molar-refractivity contribution in [2.24, 2.45) is 0 Å². The second-order valence-electron chi connectivity index (χ2n) is 3.29. The van der Waals surface area contributed by atoms with Crippen molar-refractivity contribution in [3.63, 3.8) is 0 Å². The van der Waals surface area contributed by atoms with Crippen LogP contribution in [0.1, 0.15) is 0 Å². The van der Waals surface area contributed by atoms with Gasteiger partial charge < -0.3 is 14.4 Å². The molecule has 82 valence electrons. The molecule has 0 radical (unpaired) electrons. The van der Waals surface area contributed by atoms with Crippen LogP contribution in [-0.2, 0) is 4.74 Å². The zero-order chi connectivity index (χ0) is 10.7. The lowest BCUT2D eigenvalue weighted by molar-refractivity contribution is 0.122. The van der Waals surface area contributed by atoms with Crippen LogP contribution in [0.3, 0.4) is 0 Å². The lowest BCUT2D eigenvalue weighted by atomic mass is 10.3. The van der Waals surface area contributed by atoms with Gasteiger partial charge >= 0.3 is 0 Å². The summed E-state index contributed by atoms with van der Waals surface area (Å²) in [5, 5.41) is 0.454. The molecule has 1 fully saturated rings. The molecule has 0 saturated carbocycles. The largest absolute Gasteiger partial charge is 0.497 e. The zero-order valence-electron chi connectivity index (χ0n) is 8.57. The van der Waals surface area contributed by atoms with Crippen molar-refractivity contribution in [3.8, 4) is 5.75 Å². The molecule has 1 saturated heterocycles. The summed E-state index contributed by atoms with van der Waals surface area (Å²) in [6.07, 6.45) is 0. The van der Waals surface area contributed by atoms with E-state index in [0.717, 1.165) is 37.9 Å². The van der Waals surface area contributed by atoms with Gasteiger partial charge in [-0.05, 0) is 0 Å². The number of morpholine rings is 1. The van der Waals surface area contributed by atoms with Crippen LogP contribution in [0.5, 0.6) is 5.75 Å².